The van der Waals surface area contributed by atoms with Crippen LogP contribution in [-0.2, 0) is 0 Å². The maximum Gasteiger partial charge on any atom is 0.255 e. The first-order chi connectivity index (χ1) is 16.5. The molecule has 0 saturated heterocycles. The van der Waals surface area contributed by atoms with Crippen LogP contribution in [0, 0.1) is 6.92 Å². The van der Waals surface area contributed by atoms with Crippen molar-refractivity contribution in [2.75, 3.05) is 5.32 Å². The van der Waals surface area contributed by atoms with E-state index in [0.717, 1.165) is 32.3 Å². The van der Waals surface area contributed by atoms with Crippen LogP contribution in [0.3, 0.4) is 0 Å². The first-order valence-electron chi connectivity index (χ1n) is 11.2. The van der Waals surface area contributed by atoms with Gasteiger partial charge >= 0.3 is 0 Å². The summed E-state index contributed by atoms with van der Waals surface area (Å²) >= 11 is 1.48. The molecule has 0 radical (unpaired) electrons. The number of amides is 1. The van der Waals surface area contributed by atoms with Crippen molar-refractivity contribution in [3.8, 4) is 0 Å². The number of benzene rings is 4. The van der Waals surface area contributed by atoms with Gasteiger partial charge in [-0.05, 0) is 56.3 Å². The van der Waals surface area contributed by atoms with E-state index in [2.05, 4.69) is 17.4 Å². The van der Waals surface area contributed by atoms with Crippen LogP contribution in [0.25, 0.3) is 21.8 Å². The van der Waals surface area contributed by atoms with E-state index in [0.29, 0.717) is 11.3 Å². The molecule has 4 nitrogen and oxygen atoms in total. The van der Waals surface area contributed by atoms with Gasteiger partial charge < -0.3 is 5.32 Å². The summed E-state index contributed by atoms with van der Waals surface area (Å²) in [7, 11) is 0. The average molecular weight is 465 g/mol. The van der Waals surface area contributed by atoms with Crippen molar-refractivity contribution >= 4 is 51.1 Å². The van der Waals surface area contributed by atoms with Gasteiger partial charge in [-0.3, -0.25) is 14.2 Å². The zero-order valence-electron chi connectivity index (χ0n) is 19.0. The number of carbonyl (C=O) groups excluding carboxylic acids is 2. The van der Waals surface area contributed by atoms with E-state index < -0.39 is 0 Å². The zero-order chi connectivity index (χ0) is 23.7. The normalized spacial score (nSPS) is 12.1. The highest BCUT2D eigenvalue weighted by atomic mass is 32.2. The fourth-order valence-corrected chi connectivity index (χ4v) is 5.12. The average Bonchev–Trinajstić information content (AvgIpc) is 3.18. The van der Waals surface area contributed by atoms with Gasteiger partial charge in [0.25, 0.3) is 5.91 Å². The van der Waals surface area contributed by atoms with Crippen molar-refractivity contribution < 1.29 is 9.59 Å². The van der Waals surface area contributed by atoms with Crippen molar-refractivity contribution in [2.45, 2.75) is 24.0 Å². The van der Waals surface area contributed by atoms with E-state index in [1.807, 2.05) is 103 Å². The van der Waals surface area contributed by atoms with Crippen molar-refractivity contribution in [1.82, 2.24) is 4.57 Å². The second kappa shape index (κ2) is 9.20. The summed E-state index contributed by atoms with van der Waals surface area (Å²) in [5.74, 6) is -0.131. The van der Waals surface area contributed by atoms with Crippen molar-refractivity contribution in [3.63, 3.8) is 0 Å². The number of carbonyl (C=O) groups is 2. The number of nitrogens with one attached hydrogen (secondary N) is 1. The zero-order valence-corrected chi connectivity index (χ0v) is 19.8. The quantitative estimate of drug-likeness (QED) is 0.280. The highest BCUT2D eigenvalue weighted by molar-refractivity contribution is 8.00. The fourth-order valence-electron chi connectivity index (χ4n) is 4.15. The summed E-state index contributed by atoms with van der Waals surface area (Å²) in [4.78, 5) is 27.1. The van der Waals surface area contributed by atoms with E-state index in [9.17, 15) is 9.59 Å². The molecule has 1 N–H and O–H groups in total. The molecule has 5 rings (SSSR count). The molecule has 1 heterocycles. The minimum atomic E-state index is -0.317. The third-order valence-electron chi connectivity index (χ3n) is 5.87. The Hall–Kier alpha value is -3.83. The van der Waals surface area contributed by atoms with Gasteiger partial charge in [-0.2, -0.15) is 0 Å². The van der Waals surface area contributed by atoms with Crippen LogP contribution in [0.15, 0.2) is 102 Å². The van der Waals surface area contributed by atoms with Crippen LogP contribution in [-0.4, -0.2) is 21.6 Å². The summed E-state index contributed by atoms with van der Waals surface area (Å²) in [5.41, 5.74) is 4.25. The molecule has 34 heavy (non-hydrogen) atoms. The number of aryl methyl sites for hydroxylation is 1. The number of hydrogen-bond donors (Lipinski definition) is 1. The number of thioether (sulfide) groups is 1. The highest BCUT2D eigenvalue weighted by Crippen LogP contribution is 2.32. The van der Waals surface area contributed by atoms with E-state index in [1.54, 1.807) is 0 Å². The summed E-state index contributed by atoms with van der Waals surface area (Å²) in [5, 5.41) is 4.78. The van der Waals surface area contributed by atoms with Crippen LogP contribution in [0.4, 0.5) is 5.69 Å². The number of rotatable bonds is 5. The molecule has 5 heteroatoms. The molecular formula is C29H24N2O2S. The van der Waals surface area contributed by atoms with Gasteiger partial charge in [0.2, 0.25) is 5.91 Å². The molecule has 1 unspecified atom stereocenters. The molecule has 0 aliphatic carbocycles. The molecule has 0 spiro atoms. The Labute approximate surface area is 202 Å². The molecule has 0 saturated carbocycles. The number of para-hydroxylation sites is 2. The minimum Gasteiger partial charge on any atom is -0.322 e. The predicted molar refractivity (Wildman–Crippen MR) is 141 cm³/mol. The van der Waals surface area contributed by atoms with Crippen molar-refractivity contribution in [3.05, 3.63) is 108 Å². The number of nitrogens with zero attached hydrogens (tertiary/aromatic N) is 1. The molecule has 1 aromatic heterocycles. The molecule has 0 aliphatic heterocycles. The first-order valence-corrected chi connectivity index (χ1v) is 12.1. The van der Waals surface area contributed by atoms with Crippen LogP contribution >= 0.6 is 11.8 Å². The van der Waals surface area contributed by atoms with Crippen molar-refractivity contribution in [1.29, 1.82) is 0 Å². The van der Waals surface area contributed by atoms with Gasteiger partial charge in [0.1, 0.15) is 0 Å². The maximum atomic E-state index is 13.6. The van der Waals surface area contributed by atoms with Gasteiger partial charge in [0, 0.05) is 26.9 Å². The first kappa shape index (κ1) is 22.0. The molecule has 0 bridgehead atoms. The third kappa shape index (κ3) is 4.22. The highest BCUT2D eigenvalue weighted by Gasteiger charge is 2.21. The molecule has 1 atom stereocenters. The lowest BCUT2D eigenvalue weighted by molar-refractivity contribution is 0.0924. The number of anilines is 1. The van der Waals surface area contributed by atoms with E-state index in [1.165, 1.54) is 11.8 Å². The molecule has 0 fully saturated rings. The fraction of sp³-hybridized carbons (Fsp3) is 0.103. The Morgan fingerprint density at radius 1 is 0.794 bits per heavy atom. The SMILES string of the molecule is Cc1ccc(C(=O)Nc2cccc(SC(C)C(=O)n3c4ccccc4c4ccccc43)c2)cc1. The summed E-state index contributed by atoms with van der Waals surface area (Å²) in [6.07, 6.45) is 0. The Kier molecular flexibility index (Phi) is 5.95. The second-order valence-electron chi connectivity index (χ2n) is 8.32. The van der Waals surface area contributed by atoms with Gasteiger partial charge in [-0.1, -0.05) is 60.2 Å². The molecule has 1 amide bonds. The van der Waals surface area contributed by atoms with Crippen LogP contribution in [0.1, 0.15) is 27.6 Å². The number of aromatic nitrogens is 1. The summed E-state index contributed by atoms with van der Waals surface area (Å²) in [6.45, 7) is 3.91. The molecule has 5 aromatic rings. The molecular weight excluding hydrogens is 440 g/mol. The third-order valence-corrected chi connectivity index (χ3v) is 6.95. The van der Waals surface area contributed by atoms with Crippen LogP contribution in [0.5, 0.6) is 0 Å². The number of hydrogen-bond acceptors (Lipinski definition) is 3. The minimum absolute atomic E-state index is 0.0245. The van der Waals surface area contributed by atoms with Gasteiger partial charge in [-0.15, -0.1) is 11.8 Å². The predicted octanol–water partition coefficient (Wildman–Crippen LogP) is 7.18. The number of fused-ring (bicyclic) bond motifs is 3. The van der Waals surface area contributed by atoms with Gasteiger partial charge in [0.05, 0.1) is 16.3 Å². The lowest BCUT2D eigenvalue weighted by Gasteiger charge is -2.14. The Bertz CT molecular complexity index is 1470. The lowest BCUT2D eigenvalue weighted by Crippen LogP contribution is -2.21. The van der Waals surface area contributed by atoms with E-state index in [4.69, 9.17) is 0 Å². The molecule has 4 aromatic carbocycles. The monoisotopic (exact) mass is 464 g/mol. The largest absolute Gasteiger partial charge is 0.322 e. The smallest absolute Gasteiger partial charge is 0.255 e. The van der Waals surface area contributed by atoms with Crippen molar-refractivity contribution in [2.24, 2.45) is 0 Å². The maximum absolute atomic E-state index is 13.6. The standard InChI is InChI=1S/C29H24N2O2S/c1-19-14-16-21(17-15-19)28(32)30-22-8-7-9-23(18-22)34-20(2)29(33)31-26-12-5-3-10-24(26)25-11-4-6-13-27(25)31/h3-18,20H,1-2H3,(H,30,32). The Balaban J connectivity index is 1.38. The van der Waals surface area contributed by atoms with Crippen LogP contribution < -0.4 is 5.32 Å². The van der Waals surface area contributed by atoms with E-state index in [-0.39, 0.29) is 17.1 Å². The summed E-state index contributed by atoms with van der Waals surface area (Å²) in [6, 6.07) is 31.1. The van der Waals surface area contributed by atoms with Crippen LogP contribution in [0.2, 0.25) is 0 Å². The Morgan fingerprint density at radius 2 is 1.41 bits per heavy atom. The lowest BCUT2D eigenvalue weighted by atomic mass is 10.1. The second-order valence-corrected chi connectivity index (χ2v) is 9.73. The molecule has 168 valence electrons. The van der Waals surface area contributed by atoms with Gasteiger partial charge in [0.15, 0.2) is 0 Å². The molecule has 0 aliphatic rings. The van der Waals surface area contributed by atoms with E-state index >= 15 is 0 Å². The topological polar surface area (TPSA) is 51.1 Å². The van der Waals surface area contributed by atoms with Gasteiger partial charge in [-0.25, -0.2) is 0 Å². The summed E-state index contributed by atoms with van der Waals surface area (Å²) < 4.78 is 1.82. The Morgan fingerprint density at radius 3 is 2.06 bits per heavy atom.